The molecule has 0 saturated heterocycles. The van der Waals surface area contributed by atoms with Crippen molar-refractivity contribution in [1.82, 2.24) is 4.98 Å². The highest BCUT2D eigenvalue weighted by atomic mass is 16.5. The third-order valence-corrected chi connectivity index (χ3v) is 3.69. The molecule has 3 aromatic rings. The van der Waals surface area contributed by atoms with Crippen LogP contribution in [0.1, 0.15) is 10.4 Å². The zero-order chi connectivity index (χ0) is 17.1. The number of amides is 1. The molecule has 2 N–H and O–H groups in total. The van der Waals surface area contributed by atoms with Gasteiger partial charge in [-0.3, -0.25) is 9.59 Å². The average molecular weight is 324 g/mol. The Morgan fingerprint density at radius 1 is 0.958 bits per heavy atom. The molecule has 0 unspecified atom stereocenters. The number of fused-ring (bicyclic) bond motifs is 1. The molecule has 0 aliphatic carbocycles. The highest BCUT2D eigenvalue weighted by Gasteiger charge is 2.20. The number of anilines is 1. The van der Waals surface area contributed by atoms with E-state index in [4.69, 9.17) is 9.47 Å². The normalized spacial score (nSPS) is 10.4. The molecule has 0 bridgehead atoms. The summed E-state index contributed by atoms with van der Waals surface area (Å²) in [5.41, 5.74) is 1.58. The Kier molecular flexibility index (Phi) is 4.20. The maximum Gasteiger partial charge on any atom is 0.296 e. The largest absolute Gasteiger partial charge is 0.497 e. The van der Waals surface area contributed by atoms with Gasteiger partial charge < -0.3 is 19.8 Å². The van der Waals surface area contributed by atoms with Gasteiger partial charge in [-0.1, -0.05) is 0 Å². The van der Waals surface area contributed by atoms with Gasteiger partial charge in [0.05, 0.1) is 19.8 Å². The van der Waals surface area contributed by atoms with E-state index in [0.717, 1.165) is 5.52 Å². The number of hydrogen-bond donors (Lipinski definition) is 2. The number of methoxy groups -OCH3 is 2. The van der Waals surface area contributed by atoms with E-state index >= 15 is 0 Å². The molecule has 0 saturated carbocycles. The first-order valence-electron chi connectivity index (χ1n) is 7.27. The second kappa shape index (κ2) is 6.45. The Morgan fingerprint density at radius 2 is 1.62 bits per heavy atom. The van der Waals surface area contributed by atoms with Gasteiger partial charge in [0.2, 0.25) is 0 Å². The van der Waals surface area contributed by atoms with Crippen LogP contribution in [0.15, 0.2) is 48.7 Å². The highest BCUT2D eigenvalue weighted by Crippen LogP contribution is 2.24. The lowest BCUT2D eigenvalue weighted by atomic mass is 10.1. The Hall–Kier alpha value is -3.28. The van der Waals surface area contributed by atoms with E-state index in [-0.39, 0.29) is 0 Å². The molecule has 3 rings (SSSR count). The third kappa shape index (κ3) is 2.94. The molecule has 0 fully saturated rings. The van der Waals surface area contributed by atoms with Gasteiger partial charge in [0.15, 0.2) is 0 Å². The number of ether oxygens (including phenoxy) is 2. The minimum atomic E-state index is -0.705. The molecule has 0 spiro atoms. The lowest BCUT2D eigenvalue weighted by molar-refractivity contribution is -0.112. The topological polar surface area (TPSA) is 80.4 Å². The lowest BCUT2D eigenvalue weighted by Crippen LogP contribution is -2.22. The fraction of sp³-hybridized carbons (Fsp3) is 0.111. The van der Waals surface area contributed by atoms with Crippen LogP contribution in [0.3, 0.4) is 0 Å². The Labute approximate surface area is 138 Å². The van der Waals surface area contributed by atoms with Crippen molar-refractivity contribution in [1.29, 1.82) is 0 Å². The van der Waals surface area contributed by atoms with E-state index in [1.807, 2.05) is 0 Å². The SMILES string of the molecule is COc1ccc(NC(=O)C(=O)c2c[nH]c3ccc(OC)cc23)cc1. The number of nitrogens with one attached hydrogen (secondary N) is 2. The number of hydrogen-bond acceptors (Lipinski definition) is 4. The summed E-state index contributed by atoms with van der Waals surface area (Å²) in [4.78, 5) is 27.7. The molecule has 24 heavy (non-hydrogen) atoms. The first kappa shape index (κ1) is 15.6. The number of ketones is 1. The van der Waals surface area contributed by atoms with Crippen molar-refractivity contribution in [2.75, 3.05) is 19.5 Å². The maximum atomic E-state index is 12.4. The molecule has 0 radical (unpaired) electrons. The van der Waals surface area contributed by atoms with Crippen LogP contribution in [0, 0.1) is 0 Å². The Balaban J connectivity index is 1.83. The summed E-state index contributed by atoms with van der Waals surface area (Å²) in [5, 5.41) is 3.23. The Bertz CT molecular complexity index is 897. The van der Waals surface area contributed by atoms with Crippen molar-refractivity contribution < 1.29 is 19.1 Å². The Morgan fingerprint density at radius 3 is 2.29 bits per heavy atom. The molecule has 6 heteroatoms. The molecule has 0 aliphatic heterocycles. The number of benzene rings is 2. The molecule has 1 amide bonds. The van der Waals surface area contributed by atoms with E-state index in [1.54, 1.807) is 56.7 Å². The van der Waals surface area contributed by atoms with Crippen LogP contribution >= 0.6 is 0 Å². The fourth-order valence-electron chi connectivity index (χ4n) is 2.40. The zero-order valence-electron chi connectivity index (χ0n) is 13.3. The smallest absolute Gasteiger partial charge is 0.296 e. The zero-order valence-corrected chi connectivity index (χ0v) is 13.3. The van der Waals surface area contributed by atoms with Gasteiger partial charge in [0.25, 0.3) is 11.7 Å². The number of Topliss-reactive ketones (excluding diaryl/α,β-unsaturated/α-hetero) is 1. The molecule has 0 aliphatic rings. The van der Waals surface area contributed by atoms with Crippen molar-refractivity contribution in [2.45, 2.75) is 0 Å². The van der Waals surface area contributed by atoms with Crippen molar-refractivity contribution in [2.24, 2.45) is 0 Å². The summed E-state index contributed by atoms with van der Waals surface area (Å²) < 4.78 is 10.2. The molecular formula is C18H16N2O4. The van der Waals surface area contributed by atoms with Crippen molar-refractivity contribution >= 4 is 28.3 Å². The van der Waals surface area contributed by atoms with Gasteiger partial charge in [0, 0.05) is 22.8 Å². The number of aromatic nitrogens is 1. The monoisotopic (exact) mass is 324 g/mol. The van der Waals surface area contributed by atoms with E-state index in [1.165, 1.54) is 6.20 Å². The number of H-pyrrole nitrogens is 1. The molecule has 1 heterocycles. The summed E-state index contributed by atoms with van der Waals surface area (Å²) in [7, 11) is 3.11. The predicted molar refractivity (Wildman–Crippen MR) is 90.8 cm³/mol. The van der Waals surface area contributed by atoms with Crippen LogP contribution in [0.25, 0.3) is 10.9 Å². The second-order valence-electron chi connectivity index (χ2n) is 5.13. The van der Waals surface area contributed by atoms with Crippen LogP contribution in [-0.2, 0) is 4.79 Å². The van der Waals surface area contributed by atoms with Crippen LogP contribution in [0.2, 0.25) is 0 Å². The van der Waals surface area contributed by atoms with E-state index in [0.29, 0.717) is 28.1 Å². The van der Waals surface area contributed by atoms with Gasteiger partial charge in [-0.2, -0.15) is 0 Å². The lowest BCUT2D eigenvalue weighted by Gasteiger charge is -2.05. The van der Waals surface area contributed by atoms with Crippen LogP contribution in [0.4, 0.5) is 5.69 Å². The maximum absolute atomic E-state index is 12.4. The molecule has 1 aromatic heterocycles. The highest BCUT2D eigenvalue weighted by molar-refractivity contribution is 6.48. The summed E-state index contributed by atoms with van der Waals surface area (Å²) in [5.74, 6) is -0.0380. The van der Waals surface area contributed by atoms with Crippen molar-refractivity contribution in [3.05, 3.63) is 54.2 Å². The van der Waals surface area contributed by atoms with Crippen LogP contribution in [0.5, 0.6) is 11.5 Å². The number of rotatable bonds is 5. The number of aromatic amines is 1. The van der Waals surface area contributed by atoms with Gasteiger partial charge in [-0.15, -0.1) is 0 Å². The van der Waals surface area contributed by atoms with Crippen LogP contribution in [-0.4, -0.2) is 30.9 Å². The summed E-state index contributed by atoms with van der Waals surface area (Å²) >= 11 is 0. The predicted octanol–water partition coefficient (Wildman–Crippen LogP) is 3.01. The van der Waals surface area contributed by atoms with E-state index < -0.39 is 11.7 Å². The van der Waals surface area contributed by atoms with E-state index in [2.05, 4.69) is 10.3 Å². The third-order valence-electron chi connectivity index (χ3n) is 3.69. The summed E-state index contributed by atoms with van der Waals surface area (Å²) in [6.07, 6.45) is 1.53. The summed E-state index contributed by atoms with van der Waals surface area (Å²) in [6, 6.07) is 12.0. The van der Waals surface area contributed by atoms with Gasteiger partial charge in [0.1, 0.15) is 11.5 Å². The molecule has 0 atom stereocenters. The van der Waals surface area contributed by atoms with Gasteiger partial charge in [-0.25, -0.2) is 0 Å². The van der Waals surface area contributed by atoms with E-state index in [9.17, 15) is 9.59 Å². The minimum Gasteiger partial charge on any atom is -0.497 e. The van der Waals surface area contributed by atoms with Gasteiger partial charge in [-0.05, 0) is 42.5 Å². The first-order chi connectivity index (χ1) is 11.6. The molecule has 6 nitrogen and oxygen atoms in total. The minimum absolute atomic E-state index is 0.301. The molecule has 122 valence electrons. The number of carbonyl (C=O) groups is 2. The standard InChI is InChI=1S/C18H16N2O4/c1-23-12-5-3-11(4-6-12)20-18(22)17(21)15-10-19-16-8-7-13(24-2)9-14(15)16/h3-10,19H,1-2H3,(H,20,22). The molecule has 2 aromatic carbocycles. The second-order valence-corrected chi connectivity index (χ2v) is 5.13. The fourth-order valence-corrected chi connectivity index (χ4v) is 2.40. The van der Waals surface area contributed by atoms with Crippen LogP contribution < -0.4 is 14.8 Å². The first-order valence-corrected chi connectivity index (χ1v) is 7.27. The average Bonchev–Trinajstić information content (AvgIpc) is 3.04. The van der Waals surface area contributed by atoms with Gasteiger partial charge >= 0.3 is 0 Å². The molecular weight excluding hydrogens is 308 g/mol. The number of carbonyl (C=O) groups excluding carboxylic acids is 2. The summed E-state index contributed by atoms with van der Waals surface area (Å²) in [6.45, 7) is 0. The quantitative estimate of drug-likeness (QED) is 0.558. The van der Waals surface area contributed by atoms with Crippen molar-refractivity contribution in [3.63, 3.8) is 0 Å². The van der Waals surface area contributed by atoms with Crippen molar-refractivity contribution in [3.8, 4) is 11.5 Å².